The highest BCUT2D eigenvalue weighted by molar-refractivity contribution is 7.91. The van der Waals surface area contributed by atoms with Crippen LogP contribution in [0.3, 0.4) is 0 Å². The number of carbonyl (C=O) groups is 1. The lowest BCUT2D eigenvalue weighted by molar-refractivity contribution is 0.0633. The van der Waals surface area contributed by atoms with E-state index in [0.717, 1.165) is 30.5 Å². The normalized spacial score (nSPS) is 15.7. The third-order valence-corrected chi connectivity index (χ3v) is 7.23. The second-order valence-corrected chi connectivity index (χ2v) is 9.50. The number of nitrogens with zero attached hydrogens (tertiary/aromatic N) is 2. The molecule has 3 aromatic rings. The van der Waals surface area contributed by atoms with Crippen molar-refractivity contribution in [3.63, 3.8) is 0 Å². The van der Waals surface area contributed by atoms with Crippen LogP contribution in [-0.2, 0) is 9.84 Å². The fourth-order valence-electron chi connectivity index (χ4n) is 3.76. The monoisotopic (exact) mass is 411 g/mol. The number of para-hydroxylation sites is 1. The Hall–Kier alpha value is -2.64. The van der Waals surface area contributed by atoms with Gasteiger partial charge in [-0.1, -0.05) is 36.4 Å². The zero-order valence-corrected chi connectivity index (χ0v) is 17.1. The Morgan fingerprint density at radius 1 is 0.931 bits per heavy atom. The summed E-state index contributed by atoms with van der Waals surface area (Å²) in [6, 6.07) is 18.4. The first-order chi connectivity index (χ1) is 14.0. The fourth-order valence-corrected chi connectivity index (χ4v) is 5.07. The number of H-pyrrole nitrogens is 1. The van der Waals surface area contributed by atoms with E-state index in [2.05, 4.69) is 9.88 Å². The average Bonchev–Trinajstić information content (AvgIpc) is 3.18. The van der Waals surface area contributed by atoms with Crippen LogP contribution in [0.25, 0.3) is 10.9 Å². The van der Waals surface area contributed by atoms with Crippen LogP contribution >= 0.6 is 0 Å². The molecule has 0 bridgehead atoms. The van der Waals surface area contributed by atoms with Gasteiger partial charge in [0.05, 0.1) is 10.6 Å². The molecular weight excluding hydrogens is 386 g/mol. The molecule has 0 spiro atoms. The molecule has 2 heterocycles. The second kappa shape index (κ2) is 8.39. The van der Waals surface area contributed by atoms with Crippen molar-refractivity contribution < 1.29 is 13.2 Å². The molecule has 152 valence electrons. The number of piperazine rings is 1. The van der Waals surface area contributed by atoms with Crippen molar-refractivity contribution >= 4 is 26.6 Å². The van der Waals surface area contributed by atoms with Gasteiger partial charge in [0.15, 0.2) is 9.84 Å². The standard InChI is InChI=1S/C22H25N3O3S/c26-22(21-17-18-7-4-5-10-20(18)23-21)25-14-12-24(13-15-25)11-6-16-29(27,28)19-8-2-1-3-9-19/h1-5,7-10,17,23H,6,11-16H2. The molecule has 1 saturated heterocycles. The molecule has 1 amide bonds. The molecular formula is C22H25N3O3S. The Balaban J connectivity index is 1.27. The summed E-state index contributed by atoms with van der Waals surface area (Å²) in [6.07, 6.45) is 0.590. The van der Waals surface area contributed by atoms with E-state index in [9.17, 15) is 13.2 Å². The number of aromatic amines is 1. The first-order valence-corrected chi connectivity index (χ1v) is 11.6. The van der Waals surface area contributed by atoms with Crippen LogP contribution in [-0.4, -0.2) is 67.6 Å². The third kappa shape index (κ3) is 4.52. The highest BCUT2D eigenvalue weighted by Crippen LogP contribution is 2.17. The summed E-state index contributed by atoms with van der Waals surface area (Å²) in [6.45, 7) is 3.55. The highest BCUT2D eigenvalue weighted by Gasteiger charge is 2.23. The zero-order valence-electron chi connectivity index (χ0n) is 16.3. The largest absolute Gasteiger partial charge is 0.351 e. The molecule has 1 aliphatic heterocycles. The van der Waals surface area contributed by atoms with Gasteiger partial charge in [0.1, 0.15) is 5.69 Å². The number of aromatic nitrogens is 1. The van der Waals surface area contributed by atoms with Gasteiger partial charge in [0.2, 0.25) is 0 Å². The Bertz CT molecular complexity index is 1050. The van der Waals surface area contributed by atoms with Gasteiger partial charge in [-0.2, -0.15) is 0 Å². The summed E-state index contributed by atoms with van der Waals surface area (Å²) in [5.41, 5.74) is 1.59. The van der Waals surface area contributed by atoms with Crippen molar-refractivity contribution in [1.82, 2.24) is 14.8 Å². The van der Waals surface area contributed by atoms with Crippen molar-refractivity contribution in [1.29, 1.82) is 0 Å². The first kappa shape index (κ1) is 19.7. The van der Waals surface area contributed by atoms with Gasteiger partial charge in [-0.05, 0) is 37.2 Å². The molecule has 1 N–H and O–H groups in total. The molecule has 1 aromatic heterocycles. The average molecular weight is 412 g/mol. The summed E-state index contributed by atoms with van der Waals surface area (Å²) < 4.78 is 24.7. The third-order valence-electron chi connectivity index (χ3n) is 5.41. The van der Waals surface area contributed by atoms with E-state index < -0.39 is 9.84 Å². The topological polar surface area (TPSA) is 73.5 Å². The van der Waals surface area contributed by atoms with Crippen LogP contribution in [0.5, 0.6) is 0 Å². The molecule has 0 unspecified atom stereocenters. The minimum absolute atomic E-state index is 0.0208. The van der Waals surface area contributed by atoms with Crippen LogP contribution in [0.15, 0.2) is 65.6 Å². The number of hydrogen-bond acceptors (Lipinski definition) is 4. The van der Waals surface area contributed by atoms with Crippen LogP contribution in [0.4, 0.5) is 0 Å². The number of sulfone groups is 1. The van der Waals surface area contributed by atoms with E-state index in [1.807, 2.05) is 41.3 Å². The van der Waals surface area contributed by atoms with E-state index in [1.54, 1.807) is 24.3 Å². The van der Waals surface area contributed by atoms with Crippen molar-refractivity contribution in [3.05, 3.63) is 66.4 Å². The van der Waals surface area contributed by atoms with E-state index >= 15 is 0 Å². The number of nitrogens with one attached hydrogen (secondary N) is 1. The smallest absolute Gasteiger partial charge is 0.270 e. The second-order valence-electron chi connectivity index (χ2n) is 7.39. The lowest BCUT2D eigenvalue weighted by atomic mass is 10.2. The number of amides is 1. The Labute approximate surface area is 171 Å². The Morgan fingerprint density at radius 2 is 1.62 bits per heavy atom. The number of benzene rings is 2. The quantitative estimate of drug-likeness (QED) is 0.677. The van der Waals surface area contributed by atoms with E-state index in [1.165, 1.54) is 0 Å². The van der Waals surface area contributed by atoms with Gasteiger partial charge in [0.25, 0.3) is 5.91 Å². The molecule has 29 heavy (non-hydrogen) atoms. The summed E-state index contributed by atoms with van der Waals surface area (Å²) in [7, 11) is -3.23. The highest BCUT2D eigenvalue weighted by atomic mass is 32.2. The van der Waals surface area contributed by atoms with Gasteiger partial charge in [0, 0.05) is 37.1 Å². The fraction of sp³-hybridized carbons (Fsp3) is 0.318. The van der Waals surface area contributed by atoms with Gasteiger partial charge in [-0.25, -0.2) is 8.42 Å². The maximum atomic E-state index is 12.8. The predicted octanol–water partition coefficient (Wildman–Crippen LogP) is 2.79. The van der Waals surface area contributed by atoms with Crippen molar-refractivity contribution in [2.45, 2.75) is 11.3 Å². The molecule has 0 aliphatic carbocycles. The maximum Gasteiger partial charge on any atom is 0.270 e. The molecule has 7 heteroatoms. The molecule has 4 rings (SSSR count). The van der Waals surface area contributed by atoms with E-state index in [-0.39, 0.29) is 11.7 Å². The lowest BCUT2D eigenvalue weighted by Gasteiger charge is -2.34. The predicted molar refractivity (Wildman–Crippen MR) is 114 cm³/mol. The number of carbonyl (C=O) groups excluding carboxylic acids is 1. The molecule has 6 nitrogen and oxygen atoms in total. The minimum Gasteiger partial charge on any atom is -0.351 e. The summed E-state index contributed by atoms with van der Waals surface area (Å²) in [4.78, 5) is 20.5. The minimum atomic E-state index is -3.23. The SMILES string of the molecule is O=C(c1cc2ccccc2[nH]1)N1CCN(CCCS(=O)(=O)c2ccccc2)CC1. The van der Waals surface area contributed by atoms with E-state index in [4.69, 9.17) is 0 Å². The van der Waals surface area contributed by atoms with Crippen LogP contribution in [0.1, 0.15) is 16.9 Å². The number of rotatable bonds is 6. The molecule has 1 aliphatic rings. The van der Waals surface area contributed by atoms with Crippen LogP contribution in [0.2, 0.25) is 0 Å². The summed E-state index contributed by atoms with van der Waals surface area (Å²) in [5, 5.41) is 1.04. The molecule has 0 radical (unpaired) electrons. The van der Waals surface area contributed by atoms with Crippen LogP contribution in [0, 0.1) is 0 Å². The molecule has 1 fully saturated rings. The Kier molecular flexibility index (Phi) is 5.69. The molecule has 0 atom stereocenters. The summed E-state index contributed by atoms with van der Waals surface area (Å²) in [5.74, 6) is 0.165. The van der Waals surface area contributed by atoms with Crippen LogP contribution < -0.4 is 0 Å². The molecule has 0 saturated carbocycles. The van der Waals surface area contributed by atoms with Gasteiger partial charge in [-0.3, -0.25) is 9.69 Å². The van der Waals surface area contributed by atoms with Crippen molar-refractivity contribution in [2.75, 3.05) is 38.5 Å². The number of fused-ring (bicyclic) bond motifs is 1. The first-order valence-electron chi connectivity index (χ1n) is 9.90. The van der Waals surface area contributed by atoms with Crippen molar-refractivity contribution in [3.8, 4) is 0 Å². The lowest BCUT2D eigenvalue weighted by Crippen LogP contribution is -2.49. The molecule has 2 aromatic carbocycles. The van der Waals surface area contributed by atoms with Gasteiger partial charge in [-0.15, -0.1) is 0 Å². The Morgan fingerprint density at radius 3 is 2.34 bits per heavy atom. The maximum absolute atomic E-state index is 12.8. The van der Waals surface area contributed by atoms with Crippen molar-refractivity contribution in [2.24, 2.45) is 0 Å². The zero-order chi connectivity index (χ0) is 20.3. The van der Waals surface area contributed by atoms with Gasteiger partial charge >= 0.3 is 0 Å². The summed E-state index contributed by atoms with van der Waals surface area (Å²) >= 11 is 0. The number of hydrogen-bond donors (Lipinski definition) is 1. The van der Waals surface area contributed by atoms with Gasteiger partial charge < -0.3 is 9.88 Å². The van der Waals surface area contributed by atoms with E-state index in [0.29, 0.717) is 30.1 Å².